The lowest BCUT2D eigenvalue weighted by Gasteiger charge is -2.10. The number of aromatic nitrogens is 6. The predicted molar refractivity (Wildman–Crippen MR) is 101 cm³/mol. The van der Waals surface area contributed by atoms with Crippen LogP contribution < -0.4 is 10.3 Å². The van der Waals surface area contributed by atoms with Crippen molar-refractivity contribution in [2.45, 2.75) is 13.0 Å². The van der Waals surface area contributed by atoms with E-state index in [9.17, 15) is 4.79 Å². The third kappa shape index (κ3) is 3.52. The summed E-state index contributed by atoms with van der Waals surface area (Å²) in [5.74, 6) is 1.04. The van der Waals surface area contributed by atoms with E-state index < -0.39 is 6.10 Å². The molecule has 3 heterocycles. The average molecular weight is 399 g/mol. The van der Waals surface area contributed by atoms with Crippen LogP contribution in [0.15, 0.2) is 51.9 Å². The van der Waals surface area contributed by atoms with Gasteiger partial charge in [-0.2, -0.15) is 5.10 Å². The minimum absolute atomic E-state index is 0.273. The normalized spacial score (nSPS) is 12.1. The fourth-order valence-electron chi connectivity index (χ4n) is 2.64. The number of ether oxygens (including phenoxy) is 1. The molecule has 0 spiro atoms. The lowest BCUT2D eigenvalue weighted by atomic mass is 10.1. The second-order valence-corrected chi connectivity index (χ2v) is 6.52. The van der Waals surface area contributed by atoms with Crippen molar-refractivity contribution in [2.75, 3.05) is 0 Å². The average Bonchev–Trinajstić information content (AvgIpc) is 3.30. The van der Waals surface area contributed by atoms with Crippen molar-refractivity contribution >= 4 is 11.6 Å². The molecule has 9 nitrogen and oxygen atoms in total. The van der Waals surface area contributed by atoms with Crippen molar-refractivity contribution in [2.24, 2.45) is 7.05 Å². The zero-order chi connectivity index (χ0) is 19.7. The van der Waals surface area contributed by atoms with Gasteiger partial charge in [0.2, 0.25) is 0 Å². The van der Waals surface area contributed by atoms with Gasteiger partial charge in [-0.25, -0.2) is 5.10 Å². The van der Waals surface area contributed by atoms with Crippen LogP contribution in [0, 0.1) is 0 Å². The summed E-state index contributed by atoms with van der Waals surface area (Å²) in [7, 11) is 1.73. The van der Waals surface area contributed by atoms with Gasteiger partial charge < -0.3 is 9.26 Å². The molecule has 1 N–H and O–H groups in total. The van der Waals surface area contributed by atoms with E-state index in [1.54, 1.807) is 29.8 Å². The second kappa shape index (κ2) is 7.28. The Bertz CT molecular complexity index is 1180. The lowest BCUT2D eigenvalue weighted by molar-refractivity contribution is 0.190. The SMILES string of the molecule is CC(Oc1nnc(-c2cn[nH]c(=O)c2)n1C)c1cc(-c2cccc(Cl)c2)on1. The molecule has 0 fully saturated rings. The van der Waals surface area contributed by atoms with E-state index in [1.165, 1.54) is 12.3 Å². The van der Waals surface area contributed by atoms with Crippen LogP contribution in [-0.2, 0) is 7.05 Å². The van der Waals surface area contributed by atoms with Crippen LogP contribution in [0.3, 0.4) is 0 Å². The summed E-state index contributed by atoms with van der Waals surface area (Å²) >= 11 is 6.02. The first-order valence-electron chi connectivity index (χ1n) is 8.35. The highest BCUT2D eigenvalue weighted by atomic mass is 35.5. The number of H-pyrrole nitrogens is 1. The third-order valence-corrected chi connectivity index (χ3v) is 4.33. The lowest BCUT2D eigenvalue weighted by Crippen LogP contribution is -2.09. The predicted octanol–water partition coefficient (Wildman–Crippen LogP) is 3.01. The number of aromatic amines is 1. The Kier molecular flexibility index (Phi) is 4.66. The molecule has 142 valence electrons. The van der Waals surface area contributed by atoms with E-state index >= 15 is 0 Å². The van der Waals surface area contributed by atoms with Crippen LogP contribution in [0.25, 0.3) is 22.7 Å². The molecule has 1 atom stereocenters. The molecule has 10 heteroatoms. The molecular formula is C18H15ClN6O3. The van der Waals surface area contributed by atoms with Crippen molar-refractivity contribution in [3.05, 3.63) is 63.7 Å². The Hall–Kier alpha value is -3.46. The standard InChI is InChI=1S/C18H15ClN6O3/c1-10(14-8-15(28-24-14)11-4-3-5-13(19)6-11)27-18-23-22-17(25(18)2)12-7-16(26)21-20-9-12/h3-10H,1-2H3,(H,21,26). The minimum atomic E-state index is -0.440. The summed E-state index contributed by atoms with van der Waals surface area (Å²) in [6.45, 7) is 1.82. The number of halogens is 1. The van der Waals surface area contributed by atoms with Gasteiger partial charge in [-0.3, -0.25) is 9.36 Å². The highest BCUT2D eigenvalue weighted by Crippen LogP contribution is 2.28. The van der Waals surface area contributed by atoms with Gasteiger partial charge in [0.15, 0.2) is 11.6 Å². The van der Waals surface area contributed by atoms with E-state index in [0.717, 1.165) is 5.56 Å². The molecule has 4 aromatic rings. The summed E-state index contributed by atoms with van der Waals surface area (Å²) in [5.41, 5.74) is 1.62. The van der Waals surface area contributed by atoms with Gasteiger partial charge in [0.05, 0.1) is 6.20 Å². The summed E-state index contributed by atoms with van der Waals surface area (Å²) in [5, 5.41) is 18.9. The smallest absolute Gasteiger partial charge is 0.317 e. The van der Waals surface area contributed by atoms with Crippen molar-refractivity contribution in [1.29, 1.82) is 0 Å². The van der Waals surface area contributed by atoms with Gasteiger partial charge in [-0.15, -0.1) is 5.10 Å². The Morgan fingerprint density at radius 2 is 2.07 bits per heavy atom. The monoisotopic (exact) mass is 398 g/mol. The molecule has 1 aromatic carbocycles. The van der Waals surface area contributed by atoms with Crippen molar-refractivity contribution in [3.63, 3.8) is 0 Å². The molecule has 1 unspecified atom stereocenters. The molecule has 28 heavy (non-hydrogen) atoms. The summed E-state index contributed by atoms with van der Waals surface area (Å²) in [4.78, 5) is 11.5. The molecule has 0 aliphatic carbocycles. The molecule has 0 bridgehead atoms. The maximum absolute atomic E-state index is 11.5. The molecule has 0 aliphatic heterocycles. The summed E-state index contributed by atoms with van der Waals surface area (Å²) in [6.07, 6.45) is 1.05. The Morgan fingerprint density at radius 1 is 1.21 bits per heavy atom. The van der Waals surface area contributed by atoms with E-state index in [2.05, 4.69) is 25.6 Å². The molecule has 4 rings (SSSR count). The van der Waals surface area contributed by atoms with Crippen LogP contribution >= 0.6 is 11.6 Å². The van der Waals surface area contributed by atoms with Crippen molar-refractivity contribution in [3.8, 4) is 28.7 Å². The van der Waals surface area contributed by atoms with Crippen molar-refractivity contribution in [1.82, 2.24) is 30.1 Å². The van der Waals surface area contributed by atoms with Crippen LogP contribution in [0.2, 0.25) is 5.02 Å². The molecule has 0 amide bonds. The van der Waals surface area contributed by atoms with Gasteiger partial charge in [0, 0.05) is 35.3 Å². The van der Waals surface area contributed by atoms with Crippen LogP contribution in [0.4, 0.5) is 0 Å². The van der Waals surface area contributed by atoms with E-state index in [0.29, 0.717) is 27.9 Å². The van der Waals surface area contributed by atoms with Crippen LogP contribution in [-0.4, -0.2) is 30.1 Å². The number of rotatable bonds is 5. The van der Waals surface area contributed by atoms with Crippen LogP contribution in [0.5, 0.6) is 6.01 Å². The molecule has 0 radical (unpaired) electrons. The van der Waals surface area contributed by atoms with Crippen molar-refractivity contribution < 1.29 is 9.26 Å². The maximum atomic E-state index is 11.5. The van der Waals surface area contributed by atoms with Gasteiger partial charge in [-0.1, -0.05) is 34.0 Å². The first-order chi connectivity index (χ1) is 13.5. The number of nitrogens with zero attached hydrogens (tertiary/aromatic N) is 5. The zero-order valence-corrected chi connectivity index (χ0v) is 15.7. The van der Waals surface area contributed by atoms with Gasteiger partial charge in [0.25, 0.3) is 5.56 Å². The molecule has 3 aromatic heterocycles. The number of hydrogen-bond donors (Lipinski definition) is 1. The molecule has 0 saturated heterocycles. The highest BCUT2D eigenvalue weighted by molar-refractivity contribution is 6.30. The number of nitrogens with one attached hydrogen (secondary N) is 1. The van der Waals surface area contributed by atoms with Gasteiger partial charge in [-0.05, 0) is 19.1 Å². The van der Waals surface area contributed by atoms with Gasteiger partial charge in [0.1, 0.15) is 11.8 Å². The van der Waals surface area contributed by atoms with Crippen LogP contribution in [0.1, 0.15) is 18.7 Å². The molecule has 0 aliphatic rings. The Balaban J connectivity index is 1.55. The van der Waals surface area contributed by atoms with E-state index in [4.69, 9.17) is 20.9 Å². The van der Waals surface area contributed by atoms with E-state index in [1.807, 2.05) is 19.1 Å². The third-order valence-electron chi connectivity index (χ3n) is 4.09. The Labute approximate surface area is 163 Å². The second-order valence-electron chi connectivity index (χ2n) is 6.09. The maximum Gasteiger partial charge on any atom is 0.317 e. The number of hydrogen-bond acceptors (Lipinski definition) is 7. The highest BCUT2D eigenvalue weighted by Gasteiger charge is 2.19. The molecule has 0 saturated carbocycles. The first-order valence-corrected chi connectivity index (χ1v) is 8.73. The minimum Gasteiger partial charge on any atom is -0.454 e. The zero-order valence-electron chi connectivity index (χ0n) is 15.0. The fourth-order valence-corrected chi connectivity index (χ4v) is 2.83. The summed E-state index contributed by atoms with van der Waals surface area (Å²) in [6, 6.07) is 10.7. The largest absolute Gasteiger partial charge is 0.454 e. The Morgan fingerprint density at radius 3 is 2.86 bits per heavy atom. The van der Waals surface area contributed by atoms with Gasteiger partial charge >= 0.3 is 6.01 Å². The fraction of sp³-hybridized carbons (Fsp3) is 0.167. The quantitative estimate of drug-likeness (QED) is 0.549. The topological polar surface area (TPSA) is 112 Å². The number of benzene rings is 1. The summed E-state index contributed by atoms with van der Waals surface area (Å²) < 4.78 is 12.9. The molecular weight excluding hydrogens is 384 g/mol. The first kappa shape index (κ1) is 17.9. The van der Waals surface area contributed by atoms with E-state index in [-0.39, 0.29) is 11.6 Å².